The third-order valence-electron chi connectivity index (χ3n) is 5.04. The topological polar surface area (TPSA) is 94.8 Å². The Labute approximate surface area is 150 Å². The third kappa shape index (κ3) is 2.15. The minimum absolute atomic E-state index is 0.115. The van der Waals surface area contributed by atoms with Gasteiger partial charge in [-0.25, -0.2) is 4.79 Å². The van der Waals surface area contributed by atoms with Crippen molar-refractivity contribution in [1.82, 2.24) is 10.2 Å². The molecule has 0 aromatic heterocycles. The summed E-state index contributed by atoms with van der Waals surface area (Å²) in [6.45, 7) is 0. The predicted molar refractivity (Wildman–Crippen MR) is 91.8 cm³/mol. The molecule has 7 nitrogen and oxygen atoms in total. The van der Waals surface area contributed by atoms with Gasteiger partial charge in [-0.2, -0.15) is 5.26 Å². The summed E-state index contributed by atoms with van der Waals surface area (Å²) in [6.07, 6.45) is 0.447. The summed E-state index contributed by atoms with van der Waals surface area (Å²) < 4.78 is 11.5. The van der Waals surface area contributed by atoms with Crippen molar-refractivity contribution in [2.24, 2.45) is 0 Å². The maximum Gasteiger partial charge on any atom is 0.320 e. The zero-order valence-electron chi connectivity index (χ0n) is 14.3. The van der Waals surface area contributed by atoms with Crippen molar-refractivity contribution < 1.29 is 19.4 Å². The van der Waals surface area contributed by atoms with E-state index in [4.69, 9.17) is 9.47 Å². The number of methoxy groups -OCH3 is 1. The highest BCUT2D eigenvalue weighted by molar-refractivity contribution is 5.77. The van der Waals surface area contributed by atoms with Crippen LogP contribution in [0.4, 0.5) is 4.79 Å². The Balaban J connectivity index is 1.89. The number of nitrogens with one attached hydrogen (secondary N) is 1. The van der Waals surface area contributed by atoms with Crippen LogP contribution in [0, 0.1) is 11.3 Å². The van der Waals surface area contributed by atoms with Crippen LogP contribution >= 0.6 is 0 Å². The number of carbonyl (C=O) groups is 1. The van der Waals surface area contributed by atoms with Crippen molar-refractivity contribution in [3.8, 4) is 23.3 Å². The molecule has 2 amide bonds. The van der Waals surface area contributed by atoms with E-state index in [1.807, 2.05) is 0 Å². The first kappa shape index (κ1) is 16.1. The van der Waals surface area contributed by atoms with E-state index in [9.17, 15) is 15.2 Å². The fraction of sp³-hybridized carbons (Fsp3) is 0.263. The van der Waals surface area contributed by atoms with Crippen LogP contribution in [-0.4, -0.2) is 30.2 Å². The van der Waals surface area contributed by atoms with E-state index in [1.165, 1.54) is 12.0 Å². The van der Waals surface area contributed by atoms with Crippen LogP contribution < -0.4 is 14.8 Å². The molecule has 2 aliphatic rings. The van der Waals surface area contributed by atoms with Crippen molar-refractivity contribution in [2.45, 2.75) is 18.2 Å². The van der Waals surface area contributed by atoms with E-state index in [2.05, 4.69) is 11.4 Å². The van der Waals surface area contributed by atoms with Gasteiger partial charge in [0.2, 0.25) is 5.72 Å². The average Bonchev–Trinajstić information content (AvgIpc) is 2.66. The number of nitriles is 1. The lowest BCUT2D eigenvalue weighted by atomic mass is 9.84. The second kappa shape index (κ2) is 5.56. The lowest BCUT2D eigenvalue weighted by Crippen LogP contribution is -2.62. The van der Waals surface area contributed by atoms with Gasteiger partial charge in [0.05, 0.1) is 18.7 Å². The Bertz CT molecular complexity index is 952. The molecule has 26 heavy (non-hydrogen) atoms. The number of urea groups is 1. The van der Waals surface area contributed by atoms with Gasteiger partial charge in [0.25, 0.3) is 0 Å². The van der Waals surface area contributed by atoms with Crippen LogP contribution in [0.15, 0.2) is 36.4 Å². The molecule has 2 heterocycles. The summed E-state index contributed by atoms with van der Waals surface area (Å²) in [5, 5.41) is 22.1. The monoisotopic (exact) mass is 351 g/mol. The summed E-state index contributed by atoms with van der Waals surface area (Å²) in [5.41, 5.74) is 0.747. The Morgan fingerprint density at radius 1 is 1.38 bits per heavy atom. The van der Waals surface area contributed by atoms with Crippen molar-refractivity contribution in [3.63, 3.8) is 0 Å². The summed E-state index contributed by atoms with van der Waals surface area (Å²) in [5.74, 6) is 1.16. The number of phenolic OH excluding ortho intramolecular Hbond substituents is 1. The van der Waals surface area contributed by atoms with E-state index in [0.29, 0.717) is 29.0 Å². The molecule has 132 valence electrons. The normalized spacial score (nSPS) is 23.3. The van der Waals surface area contributed by atoms with E-state index >= 15 is 0 Å². The summed E-state index contributed by atoms with van der Waals surface area (Å²) in [4.78, 5) is 14.0. The Morgan fingerprint density at radius 2 is 2.19 bits per heavy atom. The fourth-order valence-corrected chi connectivity index (χ4v) is 3.66. The van der Waals surface area contributed by atoms with Crippen molar-refractivity contribution in [1.29, 1.82) is 5.26 Å². The predicted octanol–water partition coefficient (Wildman–Crippen LogP) is 2.60. The second-order valence-corrected chi connectivity index (χ2v) is 6.40. The lowest BCUT2D eigenvalue weighted by Gasteiger charge is -2.51. The minimum atomic E-state index is -1.05. The third-order valence-corrected chi connectivity index (χ3v) is 5.04. The smallest absolute Gasteiger partial charge is 0.320 e. The van der Waals surface area contributed by atoms with Crippen LogP contribution in [-0.2, 0) is 5.72 Å². The molecule has 0 aliphatic carbocycles. The van der Waals surface area contributed by atoms with E-state index in [-0.39, 0.29) is 17.8 Å². The molecular formula is C19H17N3O4. The zero-order valence-corrected chi connectivity index (χ0v) is 14.3. The summed E-state index contributed by atoms with van der Waals surface area (Å²) in [6, 6.07) is 11.6. The highest BCUT2D eigenvalue weighted by Gasteiger charge is 2.52. The Hall–Kier alpha value is -3.40. The number of carbonyl (C=O) groups excluding carboxylic acids is 1. The highest BCUT2D eigenvalue weighted by Crippen LogP contribution is 2.49. The number of hydrogen-bond donors (Lipinski definition) is 2. The van der Waals surface area contributed by atoms with Crippen molar-refractivity contribution >= 4 is 6.03 Å². The van der Waals surface area contributed by atoms with Gasteiger partial charge in [0, 0.05) is 24.6 Å². The van der Waals surface area contributed by atoms with E-state index in [1.54, 1.807) is 43.4 Å². The number of rotatable bonds is 2. The number of fused-ring (bicyclic) bond motifs is 4. The van der Waals surface area contributed by atoms with Gasteiger partial charge < -0.3 is 19.9 Å². The molecule has 0 saturated carbocycles. The number of phenols is 1. The zero-order chi connectivity index (χ0) is 18.5. The molecule has 2 aromatic carbocycles. The lowest BCUT2D eigenvalue weighted by molar-refractivity contribution is -0.0936. The van der Waals surface area contributed by atoms with Gasteiger partial charge in [-0.05, 0) is 36.4 Å². The first-order valence-corrected chi connectivity index (χ1v) is 8.13. The molecule has 2 aromatic rings. The van der Waals surface area contributed by atoms with Gasteiger partial charge in [-0.3, -0.25) is 4.90 Å². The molecule has 0 spiro atoms. The number of amides is 2. The molecule has 2 atom stereocenters. The van der Waals surface area contributed by atoms with Gasteiger partial charge in [0.1, 0.15) is 23.3 Å². The quantitative estimate of drug-likeness (QED) is 0.867. The second-order valence-electron chi connectivity index (χ2n) is 6.40. The average molecular weight is 351 g/mol. The van der Waals surface area contributed by atoms with Gasteiger partial charge in [-0.1, -0.05) is 0 Å². The molecule has 7 heteroatoms. The van der Waals surface area contributed by atoms with Gasteiger partial charge >= 0.3 is 6.03 Å². The molecule has 4 rings (SSSR count). The molecule has 2 unspecified atom stereocenters. The van der Waals surface area contributed by atoms with Crippen LogP contribution in [0.3, 0.4) is 0 Å². The molecule has 2 bridgehead atoms. The molecule has 1 saturated heterocycles. The molecule has 2 N–H and O–H groups in total. The van der Waals surface area contributed by atoms with Gasteiger partial charge in [-0.15, -0.1) is 0 Å². The number of benzene rings is 2. The molecule has 2 aliphatic heterocycles. The van der Waals surface area contributed by atoms with Crippen LogP contribution in [0.2, 0.25) is 0 Å². The first-order chi connectivity index (χ1) is 12.5. The number of ether oxygens (including phenoxy) is 2. The minimum Gasteiger partial charge on any atom is -0.508 e. The standard InChI is InChI=1S/C19H17N3O4/c1-22-18(24)21-15-9-19(22,26-17-6-4-13(23)8-14(15)17)12-3-5-16(25-2)11(7-12)10-20/h3-8,15,23H,9H2,1-2H3,(H,21,24). The molecule has 1 fully saturated rings. The van der Waals surface area contributed by atoms with Crippen molar-refractivity contribution in [3.05, 3.63) is 53.1 Å². The SMILES string of the molecule is COc1ccc(C23CC(NC(=O)N2C)c2cc(O)ccc2O3)cc1C#N. The first-order valence-electron chi connectivity index (χ1n) is 8.13. The summed E-state index contributed by atoms with van der Waals surface area (Å²) >= 11 is 0. The van der Waals surface area contributed by atoms with Crippen molar-refractivity contribution in [2.75, 3.05) is 14.2 Å². The van der Waals surface area contributed by atoms with E-state index < -0.39 is 5.72 Å². The largest absolute Gasteiger partial charge is 0.508 e. The van der Waals surface area contributed by atoms with Crippen LogP contribution in [0.5, 0.6) is 17.2 Å². The number of aromatic hydroxyl groups is 1. The van der Waals surface area contributed by atoms with Gasteiger partial charge in [0.15, 0.2) is 0 Å². The maximum absolute atomic E-state index is 12.5. The molecular weight excluding hydrogens is 334 g/mol. The highest BCUT2D eigenvalue weighted by atomic mass is 16.5. The number of hydrogen-bond acceptors (Lipinski definition) is 5. The maximum atomic E-state index is 12.5. The van der Waals surface area contributed by atoms with Crippen LogP contribution in [0.25, 0.3) is 0 Å². The number of nitrogens with zero attached hydrogens (tertiary/aromatic N) is 2. The fourth-order valence-electron chi connectivity index (χ4n) is 3.66. The Kier molecular flexibility index (Phi) is 3.44. The summed E-state index contributed by atoms with van der Waals surface area (Å²) in [7, 11) is 3.16. The van der Waals surface area contributed by atoms with Crippen LogP contribution in [0.1, 0.15) is 29.2 Å². The Morgan fingerprint density at radius 3 is 2.92 bits per heavy atom. The van der Waals surface area contributed by atoms with E-state index in [0.717, 1.165) is 5.56 Å². The molecule has 0 radical (unpaired) electrons.